The van der Waals surface area contributed by atoms with Crippen molar-refractivity contribution in [2.24, 2.45) is 23.2 Å². The van der Waals surface area contributed by atoms with Crippen LogP contribution in [0.2, 0.25) is 0 Å². The molecule has 0 aromatic carbocycles. The van der Waals surface area contributed by atoms with E-state index in [1.807, 2.05) is 19.0 Å². The summed E-state index contributed by atoms with van der Waals surface area (Å²) in [6.45, 7) is 2.09. The van der Waals surface area contributed by atoms with E-state index in [9.17, 15) is 4.79 Å². The number of amides is 1. The van der Waals surface area contributed by atoms with Crippen LogP contribution < -0.4 is 17.7 Å². The van der Waals surface area contributed by atoms with Crippen molar-refractivity contribution in [2.75, 3.05) is 33.8 Å². The summed E-state index contributed by atoms with van der Waals surface area (Å²) >= 11 is 0. The van der Waals surface area contributed by atoms with Crippen LogP contribution in [0.5, 0.6) is 0 Å². The predicted octanol–water partition coefficient (Wildman–Crippen LogP) is -0.505. The highest BCUT2D eigenvalue weighted by Crippen LogP contribution is 2.59. The molecule has 0 heterocycles. The molecular weight excluding hydrogens is 288 g/mol. The van der Waals surface area contributed by atoms with Crippen molar-refractivity contribution in [1.82, 2.24) is 10.2 Å². The van der Waals surface area contributed by atoms with Crippen LogP contribution in [0.4, 0.5) is 4.79 Å². The van der Waals surface area contributed by atoms with Crippen molar-refractivity contribution in [3.63, 3.8) is 0 Å². The molecule has 0 aliphatic heterocycles. The third-order valence-corrected chi connectivity index (χ3v) is 5.54. The summed E-state index contributed by atoms with van der Waals surface area (Å²) in [5, 5.41) is 3.03. The molecule has 1 N–H and O–H groups in total. The zero-order valence-electron chi connectivity index (χ0n) is 13.2. The lowest BCUT2D eigenvalue weighted by molar-refractivity contribution is -0.0509. The molecule has 5 heteroatoms. The van der Waals surface area contributed by atoms with E-state index in [2.05, 4.69) is 5.32 Å². The molecule has 0 aromatic rings. The minimum atomic E-state index is -0.234. The van der Waals surface area contributed by atoms with Gasteiger partial charge in [0.1, 0.15) is 6.61 Å². The third kappa shape index (κ3) is 4.04. The minimum Gasteiger partial charge on any atom is -1.00 e. The molecular formula is C16H28ClN2O2-. The fourth-order valence-corrected chi connectivity index (χ4v) is 5.14. The van der Waals surface area contributed by atoms with Crippen LogP contribution >= 0.6 is 0 Å². The SMILES string of the molecule is CN(C)CCOC(=O)NCC12CC3CC(CC(C3)C1)C2.[Cl-]. The van der Waals surface area contributed by atoms with Gasteiger partial charge in [-0.2, -0.15) is 0 Å². The van der Waals surface area contributed by atoms with Gasteiger partial charge in [0.05, 0.1) is 0 Å². The van der Waals surface area contributed by atoms with E-state index < -0.39 is 0 Å². The zero-order chi connectivity index (χ0) is 14.2. The van der Waals surface area contributed by atoms with E-state index in [1.54, 1.807) is 0 Å². The molecule has 4 fully saturated rings. The number of carbonyl (C=O) groups excluding carboxylic acids is 1. The molecule has 4 bridgehead atoms. The molecule has 4 saturated carbocycles. The van der Waals surface area contributed by atoms with Gasteiger partial charge in [0.15, 0.2) is 0 Å². The number of nitrogens with one attached hydrogen (secondary N) is 1. The van der Waals surface area contributed by atoms with Crippen molar-refractivity contribution in [3.05, 3.63) is 0 Å². The van der Waals surface area contributed by atoms with Crippen LogP contribution in [0.15, 0.2) is 0 Å². The van der Waals surface area contributed by atoms with Gasteiger partial charge >= 0.3 is 6.09 Å². The van der Waals surface area contributed by atoms with Gasteiger partial charge in [-0.1, -0.05) is 0 Å². The number of ether oxygens (including phenoxy) is 1. The molecule has 0 radical (unpaired) electrons. The Hall–Kier alpha value is -0.480. The Balaban J connectivity index is 0.00000161. The van der Waals surface area contributed by atoms with Gasteiger partial charge in [0.2, 0.25) is 0 Å². The van der Waals surface area contributed by atoms with Crippen molar-refractivity contribution in [2.45, 2.75) is 38.5 Å². The second-order valence-corrected chi connectivity index (χ2v) is 7.71. The molecule has 0 aromatic heterocycles. The van der Waals surface area contributed by atoms with Crippen LogP contribution in [0.1, 0.15) is 38.5 Å². The zero-order valence-corrected chi connectivity index (χ0v) is 14.0. The van der Waals surface area contributed by atoms with Gasteiger partial charge < -0.3 is 27.4 Å². The largest absolute Gasteiger partial charge is 1.00 e. The van der Waals surface area contributed by atoms with Gasteiger partial charge in [-0.15, -0.1) is 0 Å². The lowest BCUT2D eigenvalue weighted by atomic mass is 9.49. The fourth-order valence-electron chi connectivity index (χ4n) is 5.14. The summed E-state index contributed by atoms with van der Waals surface area (Å²) in [5.41, 5.74) is 0.398. The Morgan fingerprint density at radius 3 is 2.14 bits per heavy atom. The molecule has 122 valence electrons. The topological polar surface area (TPSA) is 41.6 Å². The maximum Gasteiger partial charge on any atom is 0.407 e. The number of alkyl carbamates (subject to hydrolysis) is 1. The monoisotopic (exact) mass is 315 g/mol. The van der Waals surface area contributed by atoms with E-state index in [0.29, 0.717) is 12.0 Å². The van der Waals surface area contributed by atoms with Gasteiger partial charge in [-0.05, 0) is 75.8 Å². The summed E-state index contributed by atoms with van der Waals surface area (Å²) in [6.07, 6.45) is 8.11. The first-order valence-corrected chi connectivity index (χ1v) is 8.10. The first-order chi connectivity index (χ1) is 9.55. The van der Waals surface area contributed by atoms with Gasteiger partial charge in [-0.25, -0.2) is 4.79 Å². The Morgan fingerprint density at radius 2 is 1.67 bits per heavy atom. The maximum absolute atomic E-state index is 11.8. The van der Waals surface area contributed by atoms with E-state index in [0.717, 1.165) is 30.8 Å². The van der Waals surface area contributed by atoms with Gasteiger partial charge in [0.25, 0.3) is 0 Å². The molecule has 21 heavy (non-hydrogen) atoms. The summed E-state index contributed by atoms with van der Waals surface area (Å²) in [4.78, 5) is 13.8. The second kappa shape index (κ2) is 6.74. The molecule has 0 saturated heterocycles. The van der Waals surface area contributed by atoms with Crippen LogP contribution in [0, 0.1) is 23.2 Å². The molecule has 4 aliphatic rings. The molecule has 4 aliphatic carbocycles. The first-order valence-electron chi connectivity index (χ1n) is 8.10. The minimum absolute atomic E-state index is 0. The normalized spacial score (nSPS) is 36.4. The average molecular weight is 316 g/mol. The highest BCUT2D eigenvalue weighted by molar-refractivity contribution is 5.67. The smallest absolute Gasteiger partial charge is 0.407 e. The average Bonchev–Trinajstić information content (AvgIpc) is 2.34. The summed E-state index contributed by atoms with van der Waals surface area (Å²) in [7, 11) is 3.97. The van der Waals surface area contributed by atoms with Crippen LogP contribution in [0.3, 0.4) is 0 Å². The van der Waals surface area contributed by atoms with Crippen LogP contribution in [0.25, 0.3) is 0 Å². The lowest BCUT2D eigenvalue weighted by Gasteiger charge is -2.56. The molecule has 4 nitrogen and oxygen atoms in total. The number of likely N-dealkylation sites (N-methyl/N-ethyl adjacent to an activating group) is 1. The Labute approximate surface area is 134 Å². The molecule has 0 spiro atoms. The standard InChI is InChI=1S/C16H28N2O2.ClH/c1-18(2)3-4-20-15(19)17-11-16-8-12-5-13(9-16)7-14(6-12)10-16;/h12-14H,3-11H2,1-2H3,(H,17,19);1H/p-1. The van der Waals surface area contributed by atoms with E-state index in [4.69, 9.17) is 4.74 Å². The number of carbonyl (C=O) groups is 1. The quantitative estimate of drug-likeness (QED) is 0.743. The Kier molecular flexibility index (Phi) is 5.42. The number of hydrogen-bond donors (Lipinski definition) is 1. The molecule has 1 amide bonds. The van der Waals surface area contributed by atoms with Crippen LogP contribution in [-0.2, 0) is 4.74 Å². The van der Waals surface area contributed by atoms with Gasteiger partial charge in [-0.3, -0.25) is 0 Å². The third-order valence-electron chi connectivity index (χ3n) is 5.54. The van der Waals surface area contributed by atoms with Crippen molar-refractivity contribution >= 4 is 6.09 Å². The summed E-state index contributed by atoms with van der Waals surface area (Å²) in [6, 6.07) is 0. The molecule has 4 rings (SSSR count). The van der Waals surface area contributed by atoms with Crippen molar-refractivity contribution in [1.29, 1.82) is 0 Å². The summed E-state index contributed by atoms with van der Waals surface area (Å²) in [5.74, 6) is 2.81. The van der Waals surface area contributed by atoms with Crippen molar-refractivity contribution < 1.29 is 21.9 Å². The first kappa shape index (κ1) is 16.9. The Bertz CT molecular complexity index is 338. The number of hydrogen-bond acceptors (Lipinski definition) is 3. The van der Waals surface area contributed by atoms with E-state index >= 15 is 0 Å². The highest BCUT2D eigenvalue weighted by atomic mass is 35.5. The molecule has 0 atom stereocenters. The van der Waals surface area contributed by atoms with E-state index in [-0.39, 0.29) is 18.5 Å². The highest BCUT2D eigenvalue weighted by Gasteiger charge is 2.50. The van der Waals surface area contributed by atoms with Crippen molar-refractivity contribution in [3.8, 4) is 0 Å². The fraction of sp³-hybridized carbons (Fsp3) is 0.938. The number of halogens is 1. The number of nitrogens with zero attached hydrogens (tertiary/aromatic N) is 1. The Morgan fingerprint density at radius 1 is 1.14 bits per heavy atom. The lowest BCUT2D eigenvalue weighted by Crippen LogP contribution is -3.00. The van der Waals surface area contributed by atoms with Gasteiger partial charge in [0, 0.05) is 13.1 Å². The number of rotatable bonds is 5. The molecule has 0 unspecified atom stereocenters. The van der Waals surface area contributed by atoms with Crippen LogP contribution in [-0.4, -0.2) is 44.8 Å². The second-order valence-electron chi connectivity index (χ2n) is 7.71. The maximum atomic E-state index is 11.8. The summed E-state index contributed by atoms with van der Waals surface area (Å²) < 4.78 is 5.22. The van der Waals surface area contributed by atoms with E-state index in [1.165, 1.54) is 38.5 Å². The predicted molar refractivity (Wildman–Crippen MR) is 78.5 cm³/mol.